The van der Waals surface area contributed by atoms with Crippen molar-refractivity contribution in [1.29, 1.82) is 0 Å². The maximum atomic E-state index is 12.5. The van der Waals surface area contributed by atoms with Crippen LogP contribution in [0.25, 0.3) is 17.1 Å². The van der Waals surface area contributed by atoms with Gasteiger partial charge in [-0.15, -0.1) is 10.2 Å². The maximum absolute atomic E-state index is 12.5. The minimum atomic E-state index is -0.473. The number of aryl methyl sites for hydroxylation is 1. The molecule has 0 aliphatic rings. The van der Waals surface area contributed by atoms with Crippen molar-refractivity contribution in [1.82, 2.24) is 25.1 Å². The highest BCUT2D eigenvalue weighted by atomic mass is 32.2. The minimum Gasteiger partial charge on any atom is -0.497 e. The number of carbonyl (C=O) groups is 2. The van der Waals surface area contributed by atoms with Crippen molar-refractivity contribution in [2.75, 3.05) is 12.9 Å². The van der Waals surface area contributed by atoms with Gasteiger partial charge in [0.15, 0.2) is 11.0 Å². The normalized spacial score (nSPS) is 10.6. The van der Waals surface area contributed by atoms with Crippen molar-refractivity contribution in [3.05, 3.63) is 84.2 Å². The van der Waals surface area contributed by atoms with E-state index in [2.05, 4.69) is 20.5 Å². The zero-order valence-electron chi connectivity index (χ0n) is 18.1. The molecule has 0 aliphatic heterocycles. The Morgan fingerprint density at radius 1 is 1.03 bits per heavy atom. The van der Waals surface area contributed by atoms with Crippen LogP contribution in [-0.4, -0.2) is 44.4 Å². The summed E-state index contributed by atoms with van der Waals surface area (Å²) >= 11 is 1.20. The molecule has 0 aliphatic carbocycles. The molecule has 9 heteroatoms. The molecule has 4 aromatic rings. The van der Waals surface area contributed by atoms with Crippen molar-refractivity contribution in [3.8, 4) is 22.8 Å². The summed E-state index contributed by atoms with van der Waals surface area (Å²) < 4.78 is 6.98. The summed E-state index contributed by atoms with van der Waals surface area (Å²) in [5, 5.41) is 11.6. The van der Waals surface area contributed by atoms with E-state index in [9.17, 15) is 9.59 Å². The number of hydrogen-bond acceptors (Lipinski definition) is 7. The second kappa shape index (κ2) is 10.1. The highest BCUT2D eigenvalue weighted by Crippen LogP contribution is 2.29. The van der Waals surface area contributed by atoms with Gasteiger partial charge in [-0.3, -0.25) is 24.5 Å². The standard InChI is InChI=1S/C24H21N5O3S/c1-16-6-3-4-8-20(16)29-22(18-7-5-13-25-14-18)27-28-24(29)33-15-21(30)26-23(31)17-9-11-19(32-2)12-10-17/h3-14H,15H2,1-2H3,(H,26,30,31). The molecule has 8 nitrogen and oxygen atoms in total. The van der Waals surface area contributed by atoms with Crippen molar-refractivity contribution in [3.63, 3.8) is 0 Å². The van der Waals surface area contributed by atoms with E-state index in [1.807, 2.05) is 47.9 Å². The van der Waals surface area contributed by atoms with E-state index in [0.717, 1.165) is 16.8 Å². The average Bonchev–Trinajstić information content (AvgIpc) is 3.27. The van der Waals surface area contributed by atoms with E-state index in [1.165, 1.54) is 11.8 Å². The van der Waals surface area contributed by atoms with Gasteiger partial charge in [-0.1, -0.05) is 30.0 Å². The monoisotopic (exact) mass is 459 g/mol. The zero-order chi connectivity index (χ0) is 23.2. The lowest BCUT2D eigenvalue weighted by Crippen LogP contribution is -2.31. The number of hydrogen-bond donors (Lipinski definition) is 1. The summed E-state index contributed by atoms with van der Waals surface area (Å²) in [4.78, 5) is 29.0. The van der Waals surface area contributed by atoms with Crippen LogP contribution in [0.2, 0.25) is 0 Å². The molecular formula is C24H21N5O3S. The molecule has 2 amide bonds. The topological polar surface area (TPSA) is 99.0 Å². The summed E-state index contributed by atoms with van der Waals surface area (Å²) in [5.74, 6) is 0.352. The second-order valence-corrected chi connectivity index (χ2v) is 8.01. The van der Waals surface area contributed by atoms with Gasteiger partial charge in [-0.05, 0) is 55.0 Å². The van der Waals surface area contributed by atoms with Crippen LogP contribution in [0, 0.1) is 6.92 Å². The minimum absolute atomic E-state index is 0.00104. The highest BCUT2D eigenvalue weighted by Gasteiger charge is 2.19. The predicted molar refractivity (Wildman–Crippen MR) is 126 cm³/mol. The van der Waals surface area contributed by atoms with Gasteiger partial charge in [-0.25, -0.2) is 0 Å². The van der Waals surface area contributed by atoms with Crippen LogP contribution in [0.1, 0.15) is 15.9 Å². The molecule has 0 radical (unpaired) electrons. The summed E-state index contributed by atoms with van der Waals surface area (Å²) in [5.41, 5.74) is 3.11. The fourth-order valence-electron chi connectivity index (χ4n) is 3.18. The number of nitrogens with zero attached hydrogens (tertiary/aromatic N) is 4. The number of para-hydroxylation sites is 1. The third kappa shape index (κ3) is 5.09. The van der Waals surface area contributed by atoms with Gasteiger partial charge in [0.05, 0.1) is 18.6 Å². The molecule has 2 aromatic carbocycles. The fourth-order valence-corrected chi connectivity index (χ4v) is 3.93. The number of aromatic nitrogens is 4. The Balaban J connectivity index is 1.53. The first-order chi connectivity index (χ1) is 16.1. The van der Waals surface area contributed by atoms with Gasteiger partial charge in [0.1, 0.15) is 5.75 Å². The van der Waals surface area contributed by atoms with Gasteiger partial charge in [0.2, 0.25) is 5.91 Å². The number of imide groups is 1. The Hall–Kier alpha value is -3.98. The Kier molecular flexibility index (Phi) is 6.80. The molecule has 0 unspecified atom stereocenters. The van der Waals surface area contributed by atoms with Crippen LogP contribution < -0.4 is 10.1 Å². The number of rotatable bonds is 7. The van der Waals surface area contributed by atoms with Crippen molar-refractivity contribution in [2.45, 2.75) is 12.1 Å². The number of benzene rings is 2. The average molecular weight is 460 g/mol. The largest absolute Gasteiger partial charge is 0.497 e. The van der Waals surface area contributed by atoms with E-state index in [0.29, 0.717) is 22.3 Å². The van der Waals surface area contributed by atoms with Gasteiger partial charge < -0.3 is 4.74 Å². The predicted octanol–water partition coefficient (Wildman–Crippen LogP) is 3.70. The Bertz CT molecular complexity index is 1270. The molecule has 0 spiro atoms. The van der Waals surface area contributed by atoms with E-state index in [-0.39, 0.29) is 5.75 Å². The number of methoxy groups -OCH3 is 1. The van der Waals surface area contributed by atoms with Crippen molar-refractivity contribution >= 4 is 23.6 Å². The van der Waals surface area contributed by atoms with Gasteiger partial charge >= 0.3 is 0 Å². The number of nitrogens with one attached hydrogen (secondary N) is 1. The SMILES string of the molecule is COc1ccc(C(=O)NC(=O)CSc2nnc(-c3cccnc3)n2-c2ccccc2C)cc1. The smallest absolute Gasteiger partial charge is 0.257 e. The Morgan fingerprint density at radius 3 is 2.52 bits per heavy atom. The third-order valence-corrected chi connectivity index (χ3v) is 5.78. The van der Waals surface area contributed by atoms with E-state index in [1.54, 1.807) is 43.8 Å². The molecule has 1 N–H and O–H groups in total. The summed E-state index contributed by atoms with van der Waals surface area (Å²) in [6.45, 7) is 2.00. The maximum Gasteiger partial charge on any atom is 0.257 e. The van der Waals surface area contributed by atoms with E-state index >= 15 is 0 Å². The fraction of sp³-hybridized carbons (Fsp3) is 0.125. The van der Waals surface area contributed by atoms with Crippen LogP contribution in [0.15, 0.2) is 78.2 Å². The van der Waals surface area contributed by atoms with Crippen LogP contribution >= 0.6 is 11.8 Å². The number of thioether (sulfide) groups is 1. The van der Waals surface area contributed by atoms with Crippen molar-refractivity contribution < 1.29 is 14.3 Å². The third-order valence-electron chi connectivity index (χ3n) is 4.85. The van der Waals surface area contributed by atoms with Crippen LogP contribution in [0.3, 0.4) is 0 Å². The summed E-state index contributed by atoms with van der Waals surface area (Å²) in [6, 6.07) is 18.1. The molecule has 2 heterocycles. The van der Waals surface area contributed by atoms with Crippen molar-refractivity contribution in [2.24, 2.45) is 0 Å². The molecule has 0 bridgehead atoms. The second-order valence-electron chi connectivity index (χ2n) is 7.06. The zero-order valence-corrected chi connectivity index (χ0v) is 18.9. The van der Waals surface area contributed by atoms with Gasteiger partial charge in [0, 0.05) is 23.5 Å². The lowest BCUT2D eigenvalue weighted by atomic mass is 10.2. The molecule has 2 aromatic heterocycles. The lowest BCUT2D eigenvalue weighted by Gasteiger charge is -2.12. The molecule has 0 fully saturated rings. The number of carbonyl (C=O) groups excluding carboxylic acids is 2. The Morgan fingerprint density at radius 2 is 1.82 bits per heavy atom. The Labute approximate surface area is 195 Å². The highest BCUT2D eigenvalue weighted by molar-refractivity contribution is 7.99. The first-order valence-electron chi connectivity index (χ1n) is 10.1. The molecule has 0 saturated heterocycles. The number of pyridine rings is 1. The quantitative estimate of drug-likeness (QED) is 0.421. The summed E-state index contributed by atoms with van der Waals surface area (Å²) in [6.07, 6.45) is 3.41. The number of amides is 2. The summed E-state index contributed by atoms with van der Waals surface area (Å²) in [7, 11) is 1.55. The molecule has 4 rings (SSSR count). The molecule has 0 atom stereocenters. The first-order valence-corrected chi connectivity index (χ1v) is 11.1. The molecular weight excluding hydrogens is 438 g/mol. The molecule has 0 saturated carbocycles. The van der Waals surface area contributed by atoms with E-state index in [4.69, 9.17) is 4.74 Å². The molecule has 166 valence electrons. The van der Waals surface area contributed by atoms with Crippen LogP contribution in [0.5, 0.6) is 5.75 Å². The van der Waals surface area contributed by atoms with Crippen LogP contribution in [0.4, 0.5) is 0 Å². The van der Waals surface area contributed by atoms with Gasteiger partial charge in [-0.2, -0.15) is 0 Å². The first kappa shape index (κ1) is 22.2. The lowest BCUT2D eigenvalue weighted by molar-refractivity contribution is -0.117. The van der Waals surface area contributed by atoms with Crippen LogP contribution in [-0.2, 0) is 4.79 Å². The van der Waals surface area contributed by atoms with E-state index < -0.39 is 11.8 Å². The number of ether oxygens (including phenoxy) is 1. The molecule has 33 heavy (non-hydrogen) atoms. The van der Waals surface area contributed by atoms with Gasteiger partial charge in [0.25, 0.3) is 5.91 Å².